The van der Waals surface area contributed by atoms with Gasteiger partial charge in [0.25, 0.3) is 0 Å². The van der Waals surface area contributed by atoms with Crippen molar-refractivity contribution in [3.05, 3.63) is 22.4 Å². The summed E-state index contributed by atoms with van der Waals surface area (Å²) in [7, 11) is 2.07. The van der Waals surface area contributed by atoms with Crippen LogP contribution >= 0.6 is 11.3 Å². The molecular weight excluding hydrogens is 246 g/mol. The Bertz CT molecular complexity index is 351. The Morgan fingerprint density at radius 1 is 1.44 bits per heavy atom. The van der Waals surface area contributed by atoms with Crippen LogP contribution in [0.2, 0.25) is 0 Å². The Morgan fingerprint density at radius 3 is 2.72 bits per heavy atom. The Kier molecular flexibility index (Phi) is 6.36. The number of ether oxygens (including phenoxy) is 1. The van der Waals surface area contributed by atoms with Crippen molar-refractivity contribution in [2.75, 3.05) is 13.7 Å². The molecule has 1 heterocycles. The first-order valence-electron chi connectivity index (χ1n) is 6.44. The van der Waals surface area contributed by atoms with E-state index in [-0.39, 0.29) is 12.0 Å². The van der Waals surface area contributed by atoms with Crippen LogP contribution in [-0.4, -0.2) is 36.6 Å². The summed E-state index contributed by atoms with van der Waals surface area (Å²) in [6, 6.07) is 4.87. The van der Waals surface area contributed by atoms with Gasteiger partial charge < -0.3 is 9.64 Å². The number of rotatable bonds is 7. The molecule has 0 amide bonds. The molecule has 0 bridgehead atoms. The van der Waals surface area contributed by atoms with Crippen LogP contribution in [0.15, 0.2) is 17.5 Å². The molecule has 2 unspecified atom stereocenters. The molecule has 0 N–H and O–H groups in total. The lowest BCUT2D eigenvalue weighted by molar-refractivity contribution is -0.144. The summed E-state index contributed by atoms with van der Waals surface area (Å²) >= 11 is 1.78. The summed E-state index contributed by atoms with van der Waals surface area (Å²) in [4.78, 5) is 15.1. The zero-order valence-corrected chi connectivity index (χ0v) is 12.5. The van der Waals surface area contributed by atoms with Gasteiger partial charge in [0.15, 0.2) is 0 Å². The molecule has 4 heteroatoms. The van der Waals surface area contributed by atoms with Gasteiger partial charge in [-0.15, -0.1) is 11.3 Å². The van der Waals surface area contributed by atoms with Crippen LogP contribution in [0.25, 0.3) is 0 Å². The van der Waals surface area contributed by atoms with Crippen molar-refractivity contribution in [2.24, 2.45) is 0 Å². The fourth-order valence-electron chi connectivity index (χ4n) is 1.90. The van der Waals surface area contributed by atoms with Gasteiger partial charge in [-0.05, 0) is 45.7 Å². The summed E-state index contributed by atoms with van der Waals surface area (Å²) in [5, 5.41) is 2.10. The van der Waals surface area contributed by atoms with Crippen molar-refractivity contribution < 1.29 is 9.53 Å². The average molecular weight is 269 g/mol. The average Bonchev–Trinajstić information content (AvgIpc) is 2.80. The highest BCUT2D eigenvalue weighted by molar-refractivity contribution is 7.09. The van der Waals surface area contributed by atoms with Gasteiger partial charge in [-0.2, -0.15) is 0 Å². The van der Waals surface area contributed by atoms with Crippen LogP contribution in [0.3, 0.4) is 0 Å². The smallest absolute Gasteiger partial charge is 0.307 e. The van der Waals surface area contributed by atoms with Crippen molar-refractivity contribution in [1.29, 1.82) is 0 Å². The number of carbonyl (C=O) groups excluding carboxylic acids is 1. The molecule has 3 nitrogen and oxygen atoms in total. The molecule has 1 aromatic rings. The number of hydrogen-bond donors (Lipinski definition) is 0. The maximum Gasteiger partial charge on any atom is 0.307 e. The molecule has 0 saturated carbocycles. The Hall–Kier alpha value is -0.870. The summed E-state index contributed by atoms with van der Waals surface area (Å²) in [6.45, 7) is 6.56. The SMILES string of the molecule is CCOC(=O)CC(C)N(C)C(C)Cc1cccs1. The number of likely N-dealkylation sites (N-methyl/N-ethyl adjacent to an activating group) is 1. The fraction of sp³-hybridized carbons (Fsp3) is 0.643. The van der Waals surface area contributed by atoms with Gasteiger partial charge in [0.1, 0.15) is 0 Å². The Labute approximate surface area is 114 Å². The van der Waals surface area contributed by atoms with E-state index in [4.69, 9.17) is 4.74 Å². The molecule has 18 heavy (non-hydrogen) atoms. The third-order valence-corrected chi connectivity index (χ3v) is 4.13. The second-order valence-electron chi connectivity index (χ2n) is 4.66. The summed E-state index contributed by atoms with van der Waals surface area (Å²) < 4.78 is 4.98. The van der Waals surface area contributed by atoms with E-state index in [0.717, 1.165) is 6.42 Å². The summed E-state index contributed by atoms with van der Waals surface area (Å²) in [5.41, 5.74) is 0. The maximum atomic E-state index is 11.5. The second kappa shape index (κ2) is 7.54. The molecule has 0 spiro atoms. The predicted octanol–water partition coefficient (Wildman–Crippen LogP) is 2.95. The Morgan fingerprint density at radius 2 is 2.17 bits per heavy atom. The van der Waals surface area contributed by atoms with Gasteiger partial charge in [-0.1, -0.05) is 6.07 Å². The van der Waals surface area contributed by atoms with Crippen molar-refractivity contribution in [3.8, 4) is 0 Å². The minimum atomic E-state index is -0.111. The normalized spacial score (nSPS) is 14.5. The van der Waals surface area contributed by atoms with Gasteiger partial charge in [0.05, 0.1) is 13.0 Å². The topological polar surface area (TPSA) is 29.5 Å². The van der Waals surface area contributed by atoms with Gasteiger partial charge in [0, 0.05) is 17.0 Å². The molecule has 1 rings (SSSR count). The van der Waals surface area contributed by atoms with Gasteiger partial charge in [0.2, 0.25) is 0 Å². The first-order valence-corrected chi connectivity index (χ1v) is 7.32. The minimum absolute atomic E-state index is 0.111. The van der Waals surface area contributed by atoms with E-state index >= 15 is 0 Å². The molecule has 0 radical (unpaired) electrons. The first kappa shape index (κ1) is 15.2. The van der Waals surface area contributed by atoms with Crippen molar-refractivity contribution in [1.82, 2.24) is 4.90 Å². The van der Waals surface area contributed by atoms with Crippen LogP contribution in [0.4, 0.5) is 0 Å². The van der Waals surface area contributed by atoms with Crippen molar-refractivity contribution in [3.63, 3.8) is 0 Å². The van der Waals surface area contributed by atoms with Gasteiger partial charge >= 0.3 is 5.97 Å². The third kappa shape index (κ3) is 4.78. The molecule has 0 aliphatic rings. The summed E-state index contributed by atoms with van der Waals surface area (Å²) in [5.74, 6) is -0.111. The molecule has 102 valence electrons. The number of carbonyl (C=O) groups is 1. The van der Waals surface area contributed by atoms with E-state index in [2.05, 4.69) is 43.3 Å². The van der Waals surface area contributed by atoms with Gasteiger partial charge in [-0.25, -0.2) is 0 Å². The highest BCUT2D eigenvalue weighted by Gasteiger charge is 2.19. The molecule has 0 fully saturated rings. The van der Waals surface area contributed by atoms with Crippen molar-refractivity contribution in [2.45, 2.75) is 45.7 Å². The number of esters is 1. The lowest BCUT2D eigenvalue weighted by atomic mass is 10.1. The molecule has 2 atom stereocenters. The second-order valence-corrected chi connectivity index (χ2v) is 5.69. The summed E-state index contributed by atoms with van der Waals surface area (Å²) in [6.07, 6.45) is 1.49. The zero-order chi connectivity index (χ0) is 13.5. The number of nitrogens with zero attached hydrogens (tertiary/aromatic N) is 1. The predicted molar refractivity (Wildman–Crippen MR) is 76.0 cm³/mol. The maximum absolute atomic E-state index is 11.5. The van der Waals surface area contributed by atoms with Crippen LogP contribution in [0, 0.1) is 0 Å². The lowest BCUT2D eigenvalue weighted by Crippen LogP contribution is -2.39. The van der Waals surface area contributed by atoms with Crippen LogP contribution in [0.5, 0.6) is 0 Å². The van der Waals surface area contributed by atoms with E-state index in [0.29, 0.717) is 19.1 Å². The van der Waals surface area contributed by atoms with E-state index < -0.39 is 0 Å². The first-order chi connectivity index (χ1) is 8.54. The highest BCUT2D eigenvalue weighted by atomic mass is 32.1. The van der Waals surface area contributed by atoms with E-state index in [9.17, 15) is 4.79 Å². The lowest BCUT2D eigenvalue weighted by Gasteiger charge is -2.30. The molecule has 0 aromatic carbocycles. The van der Waals surface area contributed by atoms with E-state index in [1.165, 1.54) is 4.88 Å². The molecule has 0 aliphatic carbocycles. The monoisotopic (exact) mass is 269 g/mol. The van der Waals surface area contributed by atoms with Gasteiger partial charge in [-0.3, -0.25) is 4.79 Å². The van der Waals surface area contributed by atoms with E-state index in [1.807, 2.05) is 6.92 Å². The quantitative estimate of drug-likeness (QED) is 0.713. The molecule has 0 saturated heterocycles. The minimum Gasteiger partial charge on any atom is -0.466 e. The zero-order valence-electron chi connectivity index (χ0n) is 11.7. The number of hydrogen-bond acceptors (Lipinski definition) is 4. The standard InChI is InChI=1S/C14H23NO2S/c1-5-17-14(16)10-12(3)15(4)11(2)9-13-7-6-8-18-13/h6-8,11-12H,5,9-10H2,1-4H3. The molecular formula is C14H23NO2S. The Balaban J connectivity index is 2.42. The third-order valence-electron chi connectivity index (χ3n) is 3.23. The molecule has 0 aliphatic heterocycles. The largest absolute Gasteiger partial charge is 0.466 e. The molecule has 1 aromatic heterocycles. The van der Waals surface area contributed by atoms with Crippen LogP contribution in [-0.2, 0) is 16.0 Å². The van der Waals surface area contributed by atoms with Crippen molar-refractivity contribution >= 4 is 17.3 Å². The number of thiophene rings is 1. The highest BCUT2D eigenvalue weighted by Crippen LogP contribution is 2.16. The van der Waals surface area contributed by atoms with Crippen LogP contribution in [0.1, 0.15) is 32.1 Å². The van der Waals surface area contributed by atoms with Crippen LogP contribution < -0.4 is 0 Å². The fourth-order valence-corrected chi connectivity index (χ4v) is 2.73. The van der Waals surface area contributed by atoms with E-state index in [1.54, 1.807) is 11.3 Å².